The fourth-order valence-corrected chi connectivity index (χ4v) is 9.83. The molecule has 5 heterocycles. The topological polar surface area (TPSA) is 79.4 Å². The van der Waals surface area contributed by atoms with Gasteiger partial charge in [-0.25, -0.2) is 13.2 Å². The van der Waals surface area contributed by atoms with Crippen LogP contribution in [0.5, 0.6) is 0 Å². The van der Waals surface area contributed by atoms with Crippen molar-refractivity contribution in [3.63, 3.8) is 0 Å². The van der Waals surface area contributed by atoms with Crippen LogP contribution in [-0.4, -0.2) is 91.4 Å². The zero-order chi connectivity index (χ0) is 27.7. The summed E-state index contributed by atoms with van der Waals surface area (Å²) in [5.41, 5.74) is 2.41. The second-order valence-electron chi connectivity index (χ2n) is 12.9. The van der Waals surface area contributed by atoms with Crippen molar-refractivity contribution in [1.29, 1.82) is 0 Å². The van der Waals surface area contributed by atoms with E-state index in [9.17, 15) is 13.2 Å². The van der Waals surface area contributed by atoms with Crippen LogP contribution in [0.4, 0.5) is 4.79 Å². The number of benzene rings is 1. The van der Waals surface area contributed by atoms with Gasteiger partial charge in [-0.05, 0) is 75.6 Å². The van der Waals surface area contributed by atoms with Crippen molar-refractivity contribution in [2.45, 2.75) is 114 Å². The van der Waals surface area contributed by atoms with Gasteiger partial charge in [0.15, 0.2) is 0 Å². The van der Waals surface area contributed by atoms with Gasteiger partial charge in [0.05, 0.1) is 19.0 Å². The molecule has 8 nitrogen and oxygen atoms in total. The van der Waals surface area contributed by atoms with Crippen LogP contribution >= 0.6 is 0 Å². The molecular weight excluding hydrogens is 526 g/mol. The first-order chi connectivity index (χ1) is 19.4. The molecule has 3 unspecified atom stereocenters. The minimum absolute atomic E-state index is 0.106. The van der Waals surface area contributed by atoms with E-state index in [-0.39, 0.29) is 35.4 Å². The van der Waals surface area contributed by atoms with Gasteiger partial charge in [0.1, 0.15) is 6.10 Å². The van der Waals surface area contributed by atoms with Crippen molar-refractivity contribution in [3.8, 4) is 0 Å². The number of carbonyl (C=O) groups is 1. The molecule has 40 heavy (non-hydrogen) atoms. The lowest BCUT2D eigenvalue weighted by molar-refractivity contribution is 0.0294. The third-order valence-electron chi connectivity index (χ3n) is 10.4. The lowest BCUT2D eigenvalue weighted by Gasteiger charge is -2.49. The van der Waals surface area contributed by atoms with Crippen LogP contribution in [0.3, 0.4) is 0 Å². The molecule has 1 aromatic rings. The molecule has 1 spiro atoms. The molecule has 0 radical (unpaired) electrons. The number of hydrogen-bond acceptors (Lipinski definition) is 6. The lowest BCUT2D eigenvalue weighted by atomic mass is 9.69. The van der Waals surface area contributed by atoms with Crippen molar-refractivity contribution in [1.82, 2.24) is 14.1 Å². The summed E-state index contributed by atoms with van der Waals surface area (Å²) in [6.45, 7) is 6.18. The maximum Gasteiger partial charge on any atom is 0.410 e. The summed E-state index contributed by atoms with van der Waals surface area (Å²) in [6, 6.07) is 9.47. The normalized spacial score (nSPS) is 31.4. The molecule has 9 heteroatoms. The van der Waals surface area contributed by atoms with Gasteiger partial charge < -0.3 is 19.3 Å². The van der Waals surface area contributed by atoms with Crippen LogP contribution < -0.4 is 0 Å². The number of sulfonamides is 1. The number of amides is 1. The van der Waals surface area contributed by atoms with Gasteiger partial charge in [0.2, 0.25) is 10.0 Å². The number of ether oxygens (including phenoxy) is 2. The van der Waals surface area contributed by atoms with Crippen LogP contribution in [0.25, 0.3) is 0 Å². The Labute approximate surface area is 240 Å². The number of fused-ring (bicyclic) bond motifs is 4. The smallest absolute Gasteiger partial charge is 0.410 e. The number of likely N-dealkylation sites (tertiary alicyclic amines) is 1. The molecule has 0 saturated carbocycles. The molecule has 222 valence electrons. The summed E-state index contributed by atoms with van der Waals surface area (Å²) >= 11 is 0. The Morgan fingerprint density at radius 3 is 2.52 bits per heavy atom. The van der Waals surface area contributed by atoms with E-state index >= 15 is 0 Å². The van der Waals surface area contributed by atoms with Crippen molar-refractivity contribution >= 4 is 16.1 Å². The van der Waals surface area contributed by atoms with E-state index in [1.807, 2.05) is 13.0 Å². The molecular formula is C31H47N3O5S. The Balaban J connectivity index is 1.16. The Kier molecular flexibility index (Phi) is 8.46. The zero-order valence-electron chi connectivity index (χ0n) is 24.1. The maximum atomic E-state index is 13.4. The fourth-order valence-electron chi connectivity index (χ4n) is 8.28. The van der Waals surface area contributed by atoms with Crippen molar-refractivity contribution in [2.75, 3.05) is 38.6 Å². The summed E-state index contributed by atoms with van der Waals surface area (Å²) in [5, 5.41) is 0. The first kappa shape index (κ1) is 28.4. The second kappa shape index (κ2) is 11.9. The highest BCUT2D eigenvalue weighted by Gasteiger charge is 2.46. The van der Waals surface area contributed by atoms with Gasteiger partial charge in [0.25, 0.3) is 0 Å². The van der Waals surface area contributed by atoms with Crippen LogP contribution in [0.15, 0.2) is 24.3 Å². The molecule has 0 N–H and O–H groups in total. The van der Waals surface area contributed by atoms with E-state index in [1.165, 1.54) is 24.0 Å². The predicted octanol–water partition coefficient (Wildman–Crippen LogP) is 4.67. The van der Waals surface area contributed by atoms with E-state index in [2.05, 4.69) is 28.0 Å². The van der Waals surface area contributed by atoms with Gasteiger partial charge in [-0.15, -0.1) is 0 Å². The van der Waals surface area contributed by atoms with E-state index < -0.39 is 10.0 Å². The molecule has 1 amide bonds. The Hall–Kier alpha value is -1.68. The quantitative estimate of drug-likeness (QED) is 0.510. The molecule has 4 saturated heterocycles. The second-order valence-corrected chi connectivity index (χ2v) is 15.0. The van der Waals surface area contributed by atoms with Gasteiger partial charge in [-0.3, -0.25) is 0 Å². The Morgan fingerprint density at radius 2 is 1.77 bits per heavy atom. The first-order valence-electron chi connectivity index (χ1n) is 15.8. The predicted molar refractivity (Wildman–Crippen MR) is 155 cm³/mol. The highest BCUT2D eigenvalue weighted by Crippen LogP contribution is 2.44. The van der Waals surface area contributed by atoms with E-state index in [0.29, 0.717) is 38.8 Å². The Bertz CT molecular complexity index is 1150. The molecule has 6 rings (SSSR count). The monoisotopic (exact) mass is 573 g/mol. The summed E-state index contributed by atoms with van der Waals surface area (Å²) in [4.78, 5) is 18.2. The zero-order valence-corrected chi connectivity index (χ0v) is 25.0. The fraction of sp³-hybridized carbons (Fsp3) is 0.774. The van der Waals surface area contributed by atoms with Gasteiger partial charge >= 0.3 is 6.09 Å². The van der Waals surface area contributed by atoms with Crippen molar-refractivity contribution < 1.29 is 22.7 Å². The average molecular weight is 574 g/mol. The van der Waals surface area contributed by atoms with E-state index in [0.717, 1.165) is 64.5 Å². The van der Waals surface area contributed by atoms with Gasteiger partial charge in [-0.2, -0.15) is 4.31 Å². The third-order valence-corrected chi connectivity index (χ3v) is 12.4. The highest BCUT2D eigenvalue weighted by atomic mass is 32.2. The summed E-state index contributed by atoms with van der Waals surface area (Å²) < 4.78 is 39.5. The van der Waals surface area contributed by atoms with E-state index in [4.69, 9.17) is 9.47 Å². The highest BCUT2D eigenvalue weighted by molar-refractivity contribution is 7.89. The average Bonchev–Trinajstić information content (AvgIpc) is 3.29. The van der Waals surface area contributed by atoms with Crippen molar-refractivity contribution in [2.24, 2.45) is 0 Å². The van der Waals surface area contributed by atoms with Crippen LogP contribution in [0.2, 0.25) is 0 Å². The molecule has 5 aliphatic rings. The van der Waals surface area contributed by atoms with Gasteiger partial charge in [-0.1, -0.05) is 44.0 Å². The number of piperidine rings is 1. The molecule has 2 bridgehead atoms. The number of rotatable bonds is 5. The van der Waals surface area contributed by atoms with Gasteiger partial charge in [0, 0.05) is 43.1 Å². The lowest BCUT2D eigenvalue weighted by Crippen LogP contribution is -2.55. The summed E-state index contributed by atoms with van der Waals surface area (Å²) in [5.74, 6) is 0.217. The summed E-state index contributed by atoms with van der Waals surface area (Å²) in [6.07, 6.45) is 10.8. The standard InChI is InChI=1S/C31H47N3O5S/c1-2-19-40(36,37)33-21-24-7-3-6-10-29(24)31(23-33)14-16-32(17-15-31)26-12-11-25-8-4-5-9-27(20-26)34(25)30(35)39-28-13-18-38-22-28/h3,6-7,10,25-28H,2,4-5,8-9,11-23H2,1H3/t25?,26?,27?,28-/m0/s1. The van der Waals surface area contributed by atoms with Crippen LogP contribution in [0.1, 0.15) is 88.7 Å². The number of hydrogen-bond donors (Lipinski definition) is 0. The third kappa shape index (κ3) is 5.68. The van der Waals surface area contributed by atoms with Crippen LogP contribution in [-0.2, 0) is 31.5 Å². The maximum absolute atomic E-state index is 13.4. The minimum Gasteiger partial charge on any atom is -0.444 e. The molecule has 5 aliphatic heterocycles. The Morgan fingerprint density at radius 1 is 1.02 bits per heavy atom. The minimum atomic E-state index is -3.26. The SMILES string of the molecule is CCCS(=O)(=O)N1Cc2ccccc2C2(CCN(C3CCC4CCCCC(C3)N4C(=O)O[C@H]3CCOC3)CC2)C1. The number of carbonyl (C=O) groups excluding carboxylic acids is 1. The molecule has 0 aliphatic carbocycles. The molecule has 0 aromatic heterocycles. The molecule has 1 aromatic carbocycles. The summed E-state index contributed by atoms with van der Waals surface area (Å²) in [7, 11) is -3.26. The first-order valence-corrected chi connectivity index (χ1v) is 17.4. The van der Waals surface area contributed by atoms with Crippen molar-refractivity contribution in [3.05, 3.63) is 35.4 Å². The largest absolute Gasteiger partial charge is 0.444 e. The van der Waals surface area contributed by atoms with E-state index in [1.54, 1.807) is 4.31 Å². The number of nitrogens with zero attached hydrogens (tertiary/aromatic N) is 3. The van der Waals surface area contributed by atoms with Crippen LogP contribution in [0, 0.1) is 0 Å². The molecule has 4 fully saturated rings. The molecule has 4 atom stereocenters.